The van der Waals surface area contributed by atoms with Crippen LogP contribution in [0.1, 0.15) is 0 Å². The Labute approximate surface area is 156 Å². The predicted molar refractivity (Wildman–Crippen MR) is 33.0 cm³/mol. The molecule has 40 valence electrons. The summed E-state index contributed by atoms with van der Waals surface area (Å²) in [7, 11) is 0. The van der Waals surface area contributed by atoms with Crippen LogP contribution in [0.15, 0.2) is 9.81 Å². The van der Waals surface area contributed by atoms with E-state index < -0.39 is 0 Å². The van der Waals surface area contributed by atoms with E-state index in [9.17, 15) is 0 Å². The summed E-state index contributed by atoms with van der Waals surface area (Å²) in [4.78, 5) is 0. The van der Waals surface area contributed by atoms with Gasteiger partial charge in [0.05, 0.1) is 5.57 Å². The topological polar surface area (TPSA) is 47.6 Å². The third-order valence-electron chi connectivity index (χ3n) is 0.428. The molecule has 0 fully saturated rings. The fourth-order valence-electron chi connectivity index (χ4n) is 0.116. The molecule has 2 nitrogen and oxygen atoms in total. The van der Waals surface area contributed by atoms with E-state index in [0.29, 0.717) is 0 Å². The first-order chi connectivity index (χ1) is 3.72. The van der Waals surface area contributed by atoms with Gasteiger partial charge in [-0.05, 0) is 0 Å². The summed E-state index contributed by atoms with van der Waals surface area (Å²) >= 11 is 8.70. The van der Waals surface area contributed by atoms with Crippen LogP contribution in [0.25, 0.3) is 0 Å². The Kier molecular flexibility index (Phi) is 20.9. The first-order valence-electron chi connectivity index (χ1n) is 1.61. The van der Waals surface area contributed by atoms with Crippen molar-refractivity contribution >= 4 is 25.3 Å². The second kappa shape index (κ2) is 11.4. The molecular weight excluding hydrogens is 218 g/mol. The molecule has 0 saturated heterocycles. The molecular formula is C4K2N2S2. The van der Waals surface area contributed by atoms with E-state index in [1.165, 1.54) is 0 Å². The van der Waals surface area contributed by atoms with E-state index in [2.05, 4.69) is 25.3 Å². The molecule has 0 aromatic rings. The summed E-state index contributed by atoms with van der Waals surface area (Å²) in [5, 5.41) is 16.1. The molecule has 0 bridgehead atoms. The molecule has 6 heteroatoms. The van der Waals surface area contributed by atoms with Crippen molar-refractivity contribution in [3.05, 3.63) is 9.81 Å². The third kappa shape index (κ3) is 8.53. The number of hydrogen-bond acceptors (Lipinski definition) is 4. The monoisotopic (exact) mass is 218 g/mol. The maximum atomic E-state index is 8.03. The van der Waals surface area contributed by atoms with Crippen molar-refractivity contribution in [1.29, 1.82) is 10.5 Å². The van der Waals surface area contributed by atoms with Gasteiger partial charge >= 0.3 is 103 Å². The minimum absolute atomic E-state index is 0. The number of allylic oxidation sites excluding steroid dienone is 1. The van der Waals surface area contributed by atoms with Crippen LogP contribution < -0.4 is 103 Å². The van der Waals surface area contributed by atoms with Crippen LogP contribution in [0, 0.1) is 22.7 Å². The molecule has 0 aliphatic rings. The van der Waals surface area contributed by atoms with Gasteiger partial charge in [-0.25, -0.2) is 0 Å². The van der Waals surface area contributed by atoms with Crippen LogP contribution in [0.5, 0.6) is 0 Å². The third-order valence-corrected chi connectivity index (χ3v) is 0.836. The van der Waals surface area contributed by atoms with Crippen molar-refractivity contribution in [1.82, 2.24) is 0 Å². The minimum atomic E-state index is -0.157. The zero-order valence-corrected chi connectivity index (χ0v) is 13.6. The molecule has 0 spiro atoms. The molecule has 0 aliphatic carbocycles. The van der Waals surface area contributed by atoms with Crippen molar-refractivity contribution in [2.45, 2.75) is 0 Å². The molecule has 0 aromatic carbocycles. The Morgan fingerprint density at radius 3 is 1.30 bits per heavy atom. The van der Waals surface area contributed by atoms with Gasteiger partial charge in [-0.1, -0.05) is 0 Å². The molecule has 0 heterocycles. The number of hydrogen-bond donors (Lipinski definition) is 0. The average molecular weight is 218 g/mol. The fraction of sp³-hybridized carbons (Fsp3) is 0. The van der Waals surface area contributed by atoms with Gasteiger partial charge in [0.15, 0.2) is 0 Å². The van der Waals surface area contributed by atoms with Gasteiger partial charge in [0.2, 0.25) is 0 Å². The summed E-state index contributed by atoms with van der Waals surface area (Å²) in [6, 6.07) is 3.12. The summed E-state index contributed by atoms with van der Waals surface area (Å²) < 4.78 is -0.0602. The van der Waals surface area contributed by atoms with Gasteiger partial charge in [0.25, 0.3) is 0 Å². The second-order valence-electron chi connectivity index (χ2n) is 0.886. The van der Waals surface area contributed by atoms with Crippen LogP contribution in [-0.4, -0.2) is 0 Å². The molecule has 0 saturated carbocycles. The molecule has 0 radical (unpaired) electrons. The van der Waals surface area contributed by atoms with Gasteiger partial charge in [0.1, 0.15) is 12.1 Å². The summed E-state index contributed by atoms with van der Waals surface area (Å²) in [6.07, 6.45) is 0. The molecule has 0 amide bonds. The quantitative estimate of drug-likeness (QED) is 0.231. The average Bonchev–Trinajstić information content (AvgIpc) is 1.69. The van der Waals surface area contributed by atoms with Crippen LogP contribution in [-0.2, 0) is 25.3 Å². The van der Waals surface area contributed by atoms with Crippen molar-refractivity contribution < 1.29 is 103 Å². The van der Waals surface area contributed by atoms with Crippen LogP contribution in [0.2, 0.25) is 0 Å². The standard InChI is InChI=1S/C4H2N2S2.2K/c5-1-3(2-6)4(7)8;;/h7-8H;;/q;2*+1/p-2. The Balaban J connectivity index is -0.000000245. The summed E-state index contributed by atoms with van der Waals surface area (Å²) in [5.41, 5.74) is -0.157. The Hall–Kier alpha value is 2.43. The van der Waals surface area contributed by atoms with Crippen molar-refractivity contribution in [2.24, 2.45) is 0 Å². The van der Waals surface area contributed by atoms with E-state index in [-0.39, 0.29) is 113 Å². The van der Waals surface area contributed by atoms with Crippen LogP contribution >= 0.6 is 0 Å². The molecule has 0 aromatic heterocycles. The smallest absolute Gasteiger partial charge is 0.805 e. The van der Waals surface area contributed by atoms with E-state index in [4.69, 9.17) is 10.5 Å². The van der Waals surface area contributed by atoms with Gasteiger partial charge in [0, 0.05) is 0 Å². The van der Waals surface area contributed by atoms with E-state index in [0.717, 1.165) is 0 Å². The first-order valence-corrected chi connectivity index (χ1v) is 2.42. The maximum absolute atomic E-state index is 8.03. The Bertz CT molecular complexity index is 180. The second-order valence-corrected chi connectivity index (χ2v) is 1.96. The van der Waals surface area contributed by atoms with Crippen molar-refractivity contribution in [3.8, 4) is 12.1 Å². The van der Waals surface area contributed by atoms with Gasteiger partial charge in [-0.3, -0.25) is 0 Å². The molecule has 0 rings (SSSR count). The largest absolute Gasteiger partial charge is 1.00 e. The number of nitriles is 2. The summed E-state index contributed by atoms with van der Waals surface area (Å²) in [6.45, 7) is 0. The zero-order chi connectivity index (χ0) is 6.57. The van der Waals surface area contributed by atoms with E-state index in [1.54, 1.807) is 12.1 Å². The van der Waals surface area contributed by atoms with Gasteiger partial charge < -0.3 is 29.5 Å². The zero-order valence-electron chi connectivity index (χ0n) is 5.71. The molecule has 0 N–H and O–H groups in total. The van der Waals surface area contributed by atoms with E-state index in [1.807, 2.05) is 0 Å². The molecule has 0 aliphatic heterocycles. The number of rotatable bonds is 0. The minimum Gasteiger partial charge on any atom is -0.805 e. The fourth-order valence-corrected chi connectivity index (χ4v) is 0.299. The SMILES string of the molecule is N#CC(C#N)=C([S-])[S-].[K+].[K+]. The summed E-state index contributed by atoms with van der Waals surface area (Å²) in [5.74, 6) is 0. The molecule has 0 unspecified atom stereocenters. The van der Waals surface area contributed by atoms with Gasteiger partial charge in [-0.15, -0.1) is 0 Å². The van der Waals surface area contributed by atoms with Crippen molar-refractivity contribution in [3.63, 3.8) is 0 Å². The Morgan fingerprint density at radius 1 is 1.00 bits per heavy atom. The normalized spacial score (nSPS) is 5.00. The molecule has 10 heavy (non-hydrogen) atoms. The van der Waals surface area contributed by atoms with E-state index >= 15 is 0 Å². The van der Waals surface area contributed by atoms with Crippen LogP contribution in [0.3, 0.4) is 0 Å². The van der Waals surface area contributed by atoms with Crippen molar-refractivity contribution in [2.75, 3.05) is 0 Å². The first kappa shape index (κ1) is 18.3. The Morgan fingerprint density at radius 2 is 1.30 bits per heavy atom. The van der Waals surface area contributed by atoms with Gasteiger partial charge in [-0.2, -0.15) is 10.5 Å². The predicted octanol–water partition coefficient (Wildman–Crippen LogP) is -5.65. The van der Waals surface area contributed by atoms with Crippen LogP contribution in [0.4, 0.5) is 0 Å². The molecule has 0 atom stereocenters. The maximum Gasteiger partial charge on any atom is 1.00 e. The number of nitrogens with zero attached hydrogens (tertiary/aromatic N) is 2.